The largest absolute Gasteiger partial charge is 0.0888 e. The summed E-state index contributed by atoms with van der Waals surface area (Å²) in [5.74, 6) is 1.85. The fourth-order valence-electron chi connectivity index (χ4n) is 2.45. The van der Waals surface area contributed by atoms with Gasteiger partial charge in [-0.15, -0.1) is 0 Å². The Morgan fingerprint density at radius 1 is 1.14 bits per heavy atom. The van der Waals surface area contributed by atoms with E-state index in [-0.39, 0.29) is 0 Å². The lowest BCUT2D eigenvalue weighted by Crippen LogP contribution is -2.12. The van der Waals surface area contributed by atoms with Crippen LogP contribution in [0.2, 0.25) is 0 Å². The zero-order valence-corrected chi connectivity index (χ0v) is 11.4. The summed E-state index contributed by atoms with van der Waals surface area (Å²) in [6, 6.07) is 0. The SMILES string of the molecule is CC(C)CCCC1CCCCCC1Br. The van der Waals surface area contributed by atoms with Crippen LogP contribution >= 0.6 is 15.9 Å². The number of hydrogen-bond acceptors (Lipinski definition) is 0. The Labute approximate surface area is 98.0 Å². The van der Waals surface area contributed by atoms with Crippen molar-refractivity contribution in [3.8, 4) is 0 Å². The van der Waals surface area contributed by atoms with Crippen molar-refractivity contribution < 1.29 is 0 Å². The van der Waals surface area contributed by atoms with Gasteiger partial charge in [-0.3, -0.25) is 0 Å². The molecule has 0 amide bonds. The summed E-state index contributed by atoms with van der Waals surface area (Å²) in [6.07, 6.45) is 11.5. The Kier molecular flexibility index (Phi) is 6.16. The Morgan fingerprint density at radius 3 is 2.57 bits per heavy atom. The van der Waals surface area contributed by atoms with Crippen LogP contribution in [0, 0.1) is 11.8 Å². The number of halogens is 1. The van der Waals surface area contributed by atoms with Gasteiger partial charge in [0.05, 0.1) is 0 Å². The second-order valence-electron chi connectivity index (χ2n) is 5.24. The van der Waals surface area contributed by atoms with Crippen LogP contribution in [-0.2, 0) is 0 Å². The average molecular weight is 261 g/mol. The van der Waals surface area contributed by atoms with Crippen molar-refractivity contribution in [1.82, 2.24) is 0 Å². The molecule has 0 aliphatic heterocycles. The third-order valence-electron chi connectivity index (χ3n) is 3.42. The molecule has 1 saturated carbocycles. The van der Waals surface area contributed by atoms with Gasteiger partial charge in [0.15, 0.2) is 0 Å². The quantitative estimate of drug-likeness (QED) is 0.484. The predicted molar refractivity (Wildman–Crippen MR) is 68.0 cm³/mol. The van der Waals surface area contributed by atoms with Crippen molar-refractivity contribution >= 4 is 15.9 Å². The van der Waals surface area contributed by atoms with Crippen LogP contribution < -0.4 is 0 Å². The summed E-state index contributed by atoms with van der Waals surface area (Å²) >= 11 is 3.87. The van der Waals surface area contributed by atoms with Crippen LogP contribution in [0.4, 0.5) is 0 Å². The third kappa shape index (κ3) is 4.82. The van der Waals surface area contributed by atoms with Crippen molar-refractivity contribution in [3.63, 3.8) is 0 Å². The van der Waals surface area contributed by atoms with Crippen molar-refractivity contribution in [2.45, 2.75) is 70.0 Å². The lowest BCUT2D eigenvalue weighted by molar-refractivity contribution is 0.405. The van der Waals surface area contributed by atoms with Crippen molar-refractivity contribution in [2.24, 2.45) is 11.8 Å². The van der Waals surface area contributed by atoms with E-state index in [1.165, 1.54) is 51.4 Å². The topological polar surface area (TPSA) is 0 Å². The van der Waals surface area contributed by atoms with E-state index >= 15 is 0 Å². The van der Waals surface area contributed by atoms with E-state index in [2.05, 4.69) is 29.8 Å². The molecule has 0 aromatic carbocycles. The first-order valence-electron chi connectivity index (χ1n) is 6.34. The molecule has 1 aliphatic rings. The number of hydrogen-bond donors (Lipinski definition) is 0. The highest BCUT2D eigenvalue weighted by atomic mass is 79.9. The smallest absolute Gasteiger partial charge is 0.0174 e. The number of rotatable bonds is 4. The van der Waals surface area contributed by atoms with Gasteiger partial charge < -0.3 is 0 Å². The first kappa shape index (κ1) is 12.5. The third-order valence-corrected chi connectivity index (χ3v) is 4.63. The van der Waals surface area contributed by atoms with Gasteiger partial charge in [-0.2, -0.15) is 0 Å². The first-order chi connectivity index (χ1) is 6.70. The van der Waals surface area contributed by atoms with Gasteiger partial charge in [0.1, 0.15) is 0 Å². The molecule has 0 radical (unpaired) electrons. The Morgan fingerprint density at radius 2 is 1.86 bits per heavy atom. The fourth-order valence-corrected chi connectivity index (χ4v) is 3.31. The summed E-state index contributed by atoms with van der Waals surface area (Å²) in [4.78, 5) is 0.817. The van der Waals surface area contributed by atoms with Crippen LogP contribution in [0.25, 0.3) is 0 Å². The molecule has 1 aliphatic carbocycles. The maximum atomic E-state index is 3.87. The number of alkyl halides is 1. The van der Waals surface area contributed by atoms with E-state index in [9.17, 15) is 0 Å². The molecule has 14 heavy (non-hydrogen) atoms. The molecule has 0 aromatic heterocycles. The highest BCUT2D eigenvalue weighted by Crippen LogP contribution is 2.32. The van der Waals surface area contributed by atoms with E-state index in [0.29, 0.717) is 0 Å². The normalized spacial score (nSPS) is 29.1. The minimum Gasteiger partial charge on any atom is -0.0888 e. The summed E-state index contributed by atoms with van der Waals surface area (Å²) < 4.78 is 0. The molecule has 84 valence electrons. The highest BCUT2D eigenvalue weighted by molar-refractivity contribution is 9.09. The molecule has 0 bridgehead atoms. The average Bonchev–Trinajstić information content (AvgIpc) is 2.31. The Bertz CT molecular complexity index is 142. The molecule has 1 fully saturated rings. The second-order valence-corrected chi connectivity index (χ2v) is 6.41. The molecule has 1 rings (SSSR count). The molecule has 2 unspecified atom stereocenters. The van der Waals surface area contributed by atoms with E-state index in [4.69, 9.17) is 0 Å². The van der Waals surface area contributed by atoms with Crippen molar-refractivity contribution in [3.05, 3.63) is 0 Å². The van der Waals surface area contributed by atoms with Gasteiger partial charge in [0.25, 0.3) is 0 Å². The lowest BCUT2D eigenvalue weighted by Gasteiger charge is -2.20. The molecule has 0 spiro atoms. The molecule has 0 saturated heterocycles. The minimum absolute atomic E-state index is 0.817. The lowest BCUT2D eigenvalue weighted by atomic mass is 9.92. The van der Waals surface area contributed by atoms with Gasteiger partial charge in [0, 0.05) is 4.83 Å². The zero-order chi connectivity index (χ0) is 10.4. The van der Waals surface area contributed by atoms with Crippen molar-refractivity contribution in [2.75, 3.05) is 0 Å². The van der Waals surface area contributed by atoms with Gasteiger partial charge in [0.2, 0.25) is 0 Å². The predicted octanol–water partition coefficient (Wildman–Crippen LogP) is 5.16. The molecular formula is C13H25Br. The van der Waals surface area contributed by atoms with Crippen LogP contribution in [-0.4, -0.2) is 4.83 Å². The van der Waals surface area contributed by atoms with E-state index in [0.717, 1.165) is 16.7 Å². The van der Waals surface area contributed by atoms with Crippen LogP contribution in [0.15, 0.2) is 0 Å². The zero-order valence-electron chi connectivity index (χ0n) is 9.77. The maximum absolute atomic E-state index is 3.87. The van der Waals surface area contributed by atoms with E-state index in [1.807, 2.05) is 0 Å². The van der Waals surface area contributed by atoms with Crippen LogP contribution in [0.1, 0.15) is 65.2 Å². The summed E-state index contributed by atoms with van der Waals surface area (Å²) in [7, 11) is 0. The van der Waals surface area contributed by atoms with E-state index in [1.54, 1.807) is 0 Å². The Balaban J connectivity index is 2.19. The maximum Gasteiger partial charge on any atom is 0.0174 e. The molecule has 0 N–H and O–H groups in total. The minimum atomic E-state index is 0.817. The molecule has 0 nitrogen and oxygen atoms in total. The monoisotopic (exact) mass is 260 g/mol. The molecule has 0 aromatic rings. The summed E-state index contributed by atoms with van der Waals surface area (Å²) in [5.41, 5.74) is 0. The molecule has 2 atom stereocenters. The molecular weight excluding hydrogens is 236 g/mol. The van der Waals surface area contributed by atoms with Gasteiger partial charge in [-0.05, 0) is 31.1 Å². The first-order valence-corrected chi connectivity index (χ1v) is 7.25. The Hall–Kier alpha value is 0.480. The van der Waals surface area contributed by atoms with Crippen molar-refractivity contribution in [1.29, 1.82) is 0 Å². The van der Waals surface area contributed by atoms with Gasteiger partial charge in [-0.25, -0.2) is 0 Å². The molecule has 1 heteroatoms. The van der Waals surface area contributed by atoms with Crippen LogP contribution in [0.3, 0.4) is 0 Å². The summed E-state index contributed by atoms with van der Waals surface area (Å²) in [5, 5.41) is 0. The fraction of sp³-hybridized carbons (Fsp3) is 1.00. The second kappa shape index (κ2) is 6.87. The standard InChI is InChI=1S/C13H25Br/c1-11(2)7-6-9-12-8-4-3-5-10-13(12)14/h11-13H,3-10H2,1-2H3. The highest BCUT2D eigenvalue weighted by Gasteiger charge is 2.20. The van der Waals surface area contributed by atoms with Gasteiger partial charge >= 0.3 is 0 Å². The molecule has 0 heterocycles. The summed E-state index contributed by atoms with van der Waals surface area (Å²) in [6.45, 7) is 4.66. The van der Waals surface area contributed by atoms with Gasteiger partial charge in [-0.1, -0.05) is 61.9 Å². The van der Waals surface area contributed by atoms with E-state index < -0.39 is 0 Å². The van der Waals surface area contributed by atoms with Crippen LogP contribution in [0.5, 0.6) is 0 Å².